The van der Waals surface area contributed by atoms with Crippen molar-refractivity contribution < 1.29 is 13.2 Å². The molecule has 1 N–H and O–H groups in total. The molecule has 0 radical (unpaired) electrons. The van der Waals surface area contributed by atoms with Gasteiger partial charge in [0.05, 0.1) is 5.56 Å². The summed E-state index contributed by atoms with van der Waals surface area (Å²) in [5.74, 6) is 1.34. The molecule has 2 aromatic heterocycles. The predicted octanol–water partition coefficient (Wildman–Crippen LogP) is 3.34. The van der Waals surface area contributed by atoms with E-state index in [9.17, 15) is 13.2 Å². The molecule has 1 fully saturated rings. The van der Waals surface area contributed by atoms with E-state index in [1.165, 1.54) is 17.6 Å². The Labute approximate surface area is 135 Å². The molecule has 1 aliphatic rings. The van der Waals surface area contributed by atoms with Crippen molar-refractivity contribution in [1.29, 1.82) is 0 Å². The third kappa shape index (κ3) is 3.90. The molecule has 0 bridgehead atoms. The van der Waals surface area contributed by atoms with E-state index in [2.05, 4.69) is 19.7 Å². The van der Waals surface area contributed by atoms with Gasteiger partial charge in [0.25, 0.3) is 0 Å². The first-order valence-electron chi connectivity index (χ1n) is 7.27. The van der Waals surface area contributed by atoms with Crippen molar-refractivity contribution in [3.8, 4) is 0 Å². The van der Waals surface area contributed by atoms with Crippen LogP contribution in [0.3, 0.4) is 0 Å². The minimum absolute atomic E-state index is 0.299. The predicted molar refractivity (Wildman–Crippen MR) is 82.7 cm³/mol. The summed E-state index contributed by atoms with van der Waals surface area (Å²) in [6.45, 7) is 3.34. The second kappa shape index (κ2) is 6.31. The van der Waals surface area contributed by atoms with Crippen LogP contribution in [0.5, 0.6) is 0 Å². The SMILES string of the molecule is Cc1nsc(NC2CCN(c3ccc(C(F)(F)F)cn3)CC2)n1. The molecule has 0 saturated carbocycles. The fourth-order valence-electron chi connectivity index (χ4n) is 2.52. The Hall–Kier alpha value is -1.90. The molecule has 5 nitrogen and oxygen atoms in total. The number of halogens is 3. The fraction of sp³-hybridized carbons (Fsp3) is 0.500. The van der Waals surface area contributed by atoms with Gasteiger partial charge in [-0.25, -0.2) is 9.97 Å². The lowest BCUT2D eigenvalue weighted by Gasteiger charge is -2.33. The highest BCUT2D eigenvalue weighted by molar-refractivity contribution is 7.09. The van der Waals surface area contributed by atoms with Crippen LogP contribution in [-0.4, -0.2) is 33.5 Å². The molecule has 3 heterocycles. The molecule has 9 heteroatoms. The van der Waals surface area contributed by atoms with E-state index in [0.717, 1.165) is 49.2 Å². The molecule has 1 aliphatic heterocycles. The molecule has 0 amide bonds. The summed E-state index contributed by atoms with van der Waals surface area (Å²) in [6.07, 6.45) is -1.70. The number of pyridine rings is 1. The topological polar surface area (TPSA) is 53.9 Å². The van der Waals surface area contributed by atoms with Crippen molar-refractivity contribution in [2.75, 3.05) is 23.3 Å². The minimum atomic E-state index is -4.34. The zero-order valence-electron chi connectivity index (χ0n) is 12.5. The van der Waals surface area contributed by atoms with Crippen molar-refractivity contribution in [3.05, 3.63) is 29.7 Å². The number of hydrogen-bond donors (Lipinski definition) is 1. The molecular weight excluding hydrogens is 327 g/mol. The summed E-state index contributed by atoms with van der Waals surface area (Å²) < 4.78 is 41.8. The molecule has 0 atom stereocenters. The minimum Gasteiger partial charge on any atom is -0.357 e. The van der Waals surface area contributed by atoms with Crippen LogP contribution in [-0.2, 0) is 6.18 Å². The van der Waals surface area contributed by atoms with Crippen LogP contribution >= 0.6 is 11.5 Å². The zero-order valence-corrected chi connectivity index (χ0v) is 13.3. The van der Waals surface area contributed by atoms with E-state index in [0.29, 0.717) is 11.9 Å². The number of anilines is 2. The second-order valence-electron chi connectivity index (χ2n) is 5.46. The van der Waals surface area contributed by atoms with E-state index in [-0.39, 0.29) is 0 Å². The Morgan fingerprint density at radius 3 is 2.52 bits per heavy atom. The highest BCUT2D eigenvalue weighted by Crippen LogP contribution is 2.30. The second-order valence-corrected chi connectivity index (χ2v) is 6.21. The maximum absolute atomic E-state index is 12.5. The van der Waals surface area contributed by atoms with E-state index in [4.69, 9.17) is 0 Å². The van der Waals surface area contributed by atoms with Crippen LogP contribution in [0.25, 0.3) is 0 Å². The van der Waals surface area contributed by atoms with Crippen molar-refractivity contribution in [1.82, 2.24) is 14.3 Å². The lowest BCUT2D eigenvalue weighted by molar-refractivity contribution is -0.137. The smallest absolute Gasteiger partial charge is 0.357 e. The maximum Gasteiger partial charge on any atom is 0.417 e. The van der Waals surface area contributed by atoms with Gasteiger partial charge in [0.15, 0.2) is 0 Å². The van der Waals surface area contributed by atoms with E-state index < -0.39 is 11.7 Å². The van der Waals surface area contributed by atoms with Crippen LogP contribution in [0, 0.1) is 6.92 Å². The third-order valence-corrected chi connectivity index (χ3v) is 4.49. The Balaban J connectivity index is 1.56. The number of nitrogens with one attached hydrogen (secondary N) is 1. The van der Waals surface area contributed by atoms with Crippen LogP contribution in [0.2, 0.25) is 0 Å². The van der Waals surface area contributed by atoms with Crippen LogP contribution in [0.15, 0.2) is 18.3 Å². The number of aryl methyl sites for hydroxylation is 1. The van der Waals surface area contributed by atoms with E-state index >= 15 is 0 Å². The standard InChI is InChI=1S/C14H16F3N5S/c1-9-19-13(23-21-9)20-11-4-6-22(7-5-11)12-3-2-10(8-18-12)14(15,16)17/h2-3,8,11H,4-7H2,1H3,(H,19,20,21). The molecule has 2 aromatic rings. The molecule has 0 spiro atoms. The van der Waals surface area contributed by atoms with Crippen molar-refractivity contribution in [3.63, 3.8) is 0 Å². The number of piperidine rings is 1. The summed E-state index contributed by atoms with van der Waals surface area (Å²) in [6, 6.07) is 2.81. The maximum atomic E-state index is 12.5. The molecule has 124 valence electrons. The lowest BCUT2D eigenvalue weighted by Crippen LogP contribution is -2.39. The van der Waals surface area contributed by atoms with Crippen molar-refractivity contribution >= 4 is 22.5 Å². The van der Waals surface area contributed by atoms with E-state index in [1.807, 2.05) is 11.8 Å². The van der Waals surface area contributed by atoms with Gasteiger partial charge in [-0.3, -0.25) is 0 Å². The monoisotopic (exact) mass is 343 g/mol. The number of rotatable bonds is 3. The molecule has 0 aromatic carbocycles. The number of aromatic nitrogens is 3. The van der Waals surface area contributed by atoms with Crippen molar-refractivity contribution in [2.24, 2.45) is 0 Å². The average Bonchev–Trinajstić information content (AvgIpc) is 2.92. The highest BCUT2D eigenvalue weighted by Gasteiger charge is 2.31. The number of hydrogen-bond acceptors (Lipinski definition) is 6. The Bertz CT molecular complexity index is 647. The summed E-state index contributed by atoms with van der Waals surface area (Å²) in [4.78, 5) is 10.2. The largest absolute Gasteiger partial charge is 0.417 e. The van der Waals surface area contributed by atoms with Gasteiger partial charge in [-0.2, -0.15) is 17.5 Å². The first kappa shape index (κ1) is 16.0. The first-order valence-corrected chi connectivity index (χ1v) is 8.04. The van der Waals surface area contributed by atoms with Gasteiger partial charge in [-0.1, -0.05) is 0 Å². The molecule has 0 unspecified atom stereocenters. The zero-order chi connectivity index (χ0) is 16.4. The number of alkyl halides is 3. The fourth-order valence-corrected chi connectivity index (χ4v) is 3.18. The Kier molecular flexibility index (Phi) is 4.38. The van der Waals surface area contributed by atoms with Crippen molar-refractivity contribution in [2.45, 2.75) is 32.0 Å². The summed E-state index contributed by atoms with van der Waals surface area (Å²) in [5, 5.41) is 4.17. The molecule has 3 rings (SSSR count). The Morgan fingerprint density at radius 2 is 2.00 bits per heavy atom. The molecule has 23 heavy (non-hydrogen) atoms. The summed E-state index contributed by atoms with van der Waals surface area (Å²) >= 11 is 1.34. The molecular formula is C14H16F3N5S. The van der Waals surface area contributed by atoms with Crippen LogP contribution < -0.4 is 10.2 Å². The highest BCUT2D eigenvalue weighted by atomic mass is 32.1. The quantitative estimate of drug-likeness (QED) is 0.926. The van der Waals surface area contributed by atoms with Gasteiger partial charge in [-0.05, 0) is 31.9 Å². The van der Waals surface area contributed by atoms with Gasteiger partial charge in [0.1, 0.15) is 11.6 Å². The van der Waals surface area contributed by atoms with E-state index in [1.54, 1.807) is 0 Å². The van der Waals surface area contributed by atoms with Crippen LogP contribution in [0.4, 0.5) is 24.1 Å². The summed E-state index contributed by atoms with van der Waals surface area (Å²) in [7, 11) is 0. The molecule has 0 aliphatic carbocycles. The van der Waals surface area contributed by atoms with Gasteiger partial charge in [0.2, 0.25) is 5.13 Å². The van der Waals surface area contributed by atoms with Gasteiger partial charge >= 0.3 is 6.18 Å². The van der Waals surface area contributed by atoms with Gasteiger partial charge < -0.3 is 10.2 Å². The first-order chi connectivity index (χ1) is 10.9. The normalized spacial score (nSPS) is 16.6. The van der Waals surface area contributed by atoms with Gasteiger partial charge in [-0.15, -0.1) is 0 Å². The van der Waals surface area contributed by atoms with Crippen LogP contribution in [0.1, 0.15) is 24.2 Å². The third-order valence-electron chi connectivity index (χ3n) is 3.75. The number of nitrogens with zero attached hydrogens (tertiary/aromatic N) is 4. The Morgan fingerprint density at radius 1 is 1.26 bits per heavy atom. The summed E-state index contributed by atoms with van der Waals surface area (Å²) in [5.41, 5.74) is -0.718. The molecule has 1 saturated heterocycles. The lowest BCUT2D eigenvalue weighted by atomic mass is 10.1. The van der Waals surface area contributed by atoms with Gasteiger partial charge in [0, 0.05) is 36.9 Å². The average molecular weight is 343 g/mol.